The third kappa shape index (κ3) is 1.20. The Morgan fingerprint density at radius 3 is 3.00 bits per heavy atom. The molecule has 1 aromatic carbocycles. The van der Waals surface area contributed by atoms with Crippen LogP contribution in [0.1, 0.15) is 5.56 Å². The first-order valence-corrected chi connectivity index (χ1v) is 4.29. The Labute approximate surface area is 80.4 Å². The number of benzene rings is 1. The van der Waals surface area contributed by atoms with Gasteiger partial charge in [0.15, 0.2) is 0 Å². The Kier molecular flexibility index (Phi) is 2.05. The van der Waals surface area contributed by atoms with E-state index in [2.05, 4.69) is 4.98 Å². The van der Waals surface area contributed by atoms with E-state index in [-0.39, 0.29) is 12.3 Å². The fourth-order valence-corrected chi connectivity index (χ4v) is 1.47. The number of aliphatic hydroxyl groups is 1. The molecule has 0 aliphatic rings. The number of aliphatic hydroxyl groups excluding tert-OH is 1. The summed E-state index contributed by atoms with van der Waals surface area (Å²) in [7, 11) is 0. The van der Waals surface area contributed by atoms with E-state index in [4.69, 9.17) is 5.11 Å². The van der Waals surface area contributed by atoms with E-state index in [0.717, 1.165) is 5.56 Å². The van der Waals surface area contributed by atoms with Crippen LogP contribution in [0, 0.1) is 6.92 Å². The monoisotopic (exact) mass is 190 g/mol. The van der Waals surface area contributed by atoms with Crippen LogP contribution < -0.4 is 5.56 Å². The highest BCUT2D eigenvalue weighted by atomic mass is 16.3. The van der Waals surface area contributed by atoms with Crippen molar-refractivity contribution >= 4 is 10.9 Å². The zero-order chi connectivity index (χ0) is 10.1. The maximum absolute atomic E-state index is 11.7. The van der Waals surface area contributed by atoms with Gasteiger partial charge in [-0.2, -0.15) is 0 Å². The fraction of sp³-hybridized carbons (Fsp3) is 0.200. The Bertz CT molecular complexity index is 531. The molecular formula is C10H10N2O2. The van der Waals surface area contributed by atoms with E-state index < -0.39 is 0 Å². The fourth-order valence-electron chi connectivity index (χ4n) is 1.47. The van der Waals surface area contributed by atoms with Crippen molar-refractivity contribution in [2.24, 2.45) is 0 Å². The van der Waals surface area contributed by atoms with Crippen molar-refractivity contribution in [1.82, 2.24) is 9.55 Å². The van der Waals surface area contributed by atoms with E-state index in [9.17, 15) is 4.79 Å². The van der Waals surface area contributed by atoms with Gasteiger partial charge in [-0.05, 0) is 18.6 Å². The second-order valence-electron chi connectivity index (χ2n) is 3.13. The van der Waals surface area contributed by atoms with Gasteiger partial charge in [-0.1, -0.05) is 12.1 Å². The molecule has 4 heteroatoms. The Morgan fingerprint density at radius 2 is 2.29 bits per heavy atom. The van der Waals surface area contributed by atoms with Crippen LogP contribution in [0.25, 0.3) is 10.9 Å². The van der Waals surface area contributed by atoms with Gasteiger partial charge < -0.3 is 5.11 Å². The first-order chi connectivity index (χ1) is 6.74. The van der Waals surface area contributed by atoms with Gasteiger partial charge in [0.1, 0.15) is 13.1 Å². The van der Waals surface area contributed by atoms with Gasteiger partial charge in [0.2, 0.25) is 0 Å². The van der Waals surface area contributed by atoms with Crippen LogP contribution in [0.2, 0.25) is 0 Å². The Balaban J connectivity index is 2.94. The maximum Gasteiger partial charge on any atom is 0.263 e. The predicted molar refractivity (Wildman–Crippen MR) is 53.0 cm³/mol. The van der Waals surface area contributed by atoms with E-state index >= 15 is 0 Å². The molecule has 0 spiro atoms. The number of hydrogen-bond donors (Lipinski definition) is 1. The number of nitrogens with zero attached hydrogens (tertiary/aromatic N) is 2. The number of rotatable bonds is 1. The molecular weight excluding hydrogens is 180 g/mol. The number of aryl methyl sites for hydroxylation is 1. The first kappa shape index (κ1) is 8.90. The van der Waals surface area contributed by atoms with Crippen molar-refractivity contribution in [3.63, 3.8) is 0 Å². The minimum Gasteiger partial charge on any atom is -0.376 e. The summed E-state index contributed by atoms with van der Waals surface area (Å²) < 4.78 is 1.18. The van der Waals surface area contributed by atoms with Crippen LogP contribution >= 0.6 is 0 Å². The molecule has 0 aliphatic heterocycles. The highest BCUT2D eigenvalue weighted by Gasteiger charge is 2.04. The molecule has 0 atom stereocenters. The third-order valence-corrected chi connectivity index (χ3v) is 2.21. The van der Waals surface area contributed by atoms with E-state index in [0.29, 0.717) is 10.9 Å². The molecule has 0 saturated heterocycles. The maximum atomic E-state index is 11.7. The topological polar surface area (TPSA) is 55.1 Å². The van der Waals surface area contributed by atoms with Crippen molar-refractivity contribution in [3.05, 3.63) is 40.4 Å². The lowest BCUT2D eigenvalue weighted by Crippen LogP contribution is -2.21. The van der Waals surface area contributed by atoms with Gasteiger partial charge >= 0.3 is 0 Å². The first-order valence-electron chi connectivity index (χ1n) is 4.29. The molecule has 0 unspecified atom stereocenters. The van der Waals surface area contributed by atoms with Crippen LogP contribution in [-0.2, 0) is 6.73 Å². The number of hydrogen-bond acceptors (Lipinski definition) is 3. The highest BCUT2D eigenvalue weighted by molar-refractivity contribution is 5.80. The molecule has 0 bridgehead atoms. The SMILES string of the molecule is Cc1cccc2ncn(CO)c(=O)c12. The average molecular weight is 190 g/mol. The zero-order valence-corrected chi connectivity index (χ0v) is 7.77. The minimum absolute atomic E-state index is 0.199. The van der Waals surface area contributed by atoms with Crippen molar-refractivity contribution in [3.8, 4) is 0 Å². The van der Waals surface area contributed by atoms with Gasteiger partial charge in [-0.25, -0.2) is 4.98 Å². The summed E-state index contributed by atoms with van der Waals surface area (Å²) in [4.78, 5) is 15.8. The van der Waals surface area contributed by atoms with Gasteiger partial charge in [-0.15, -0.1) is 0 Å². The summed E-state index contributed by atoms with van der Waals surface area (Å²) in [5, 5.41) is 9.46. The molecule has 72 valence electrons. The lowest BCUT2D eigenvalue weighted by Gasteiger charge is -2.03. The van der Waals surface area contributed by atoms with Gasteiger partial charge in [0.25, 0.3) is 5.56 Å². The molecule has 0 radical (unpaired) electrons. The quantitative estimate of drug-likeness (QED) is 0.718. The molecule has 1 N–H and O–H groups in total. The van der Waals surface area contributed by atoms with E-state index in [1.54, 1.807) is 6.07 Å². The molecule has 2 aromatic rings. The molecule has 2 rings (SSSR count). The standard InChI is InChI=1S/C10H10N2O2/c1-7-3-2-4-8-9(7)10(14)12(6-13)5-11-8/h2-5,13H,6H2,1H3. The van der Waals surface area contributed by atoms with E-state index in [1.807, 2.05) is 19.1 Å². The molecule has 14 heavy (non-hydrogen) atoms. The zero-order valence-electron chi connectivity index (χ0n) is 7.77. The largest absolute Gasteiger partial charge is 0.376 e. The molecule has 1 aromatic heterocycles. The van der Waals surface area contributed by atoms with Crippen molar-refractivity contribution in [2.75, 3.05) is 0 Å². The van der Waals surface area contributed by atoms with Gasteiger partial charge in [0, 0.05) is 0 Å². The smallest absolute Gasteiger partial charge is 0.263 e. The van der Waals surface area contributed by atoms with E-state index in [1.165, 1.54) is 10.9 Å². The normalized spacial score (nSPS) is 10.7. The lowest BCUT2D eigenvalue weighted by atomic mass is 10.1. The van der Waals surface area contributed by atoms with Crippen molar-refractivity contribution < 1.29 is 5.11 Å². The molecule has 0 saturated carbocycles. The second-order valence-corrected chi connectivity index (χ2v) is 3.13. The second kappa shape index (κ2) is 3.23. The Morgan fingerprint density at radius 1 is 1.50 bits per heavy atom. The molecule has 0 fully saturated rings. The number of aromatic nitrogens is 2. The summed E-state index contributed by atoms with van der Waals surface area (Å²) in [5.74, 6) is 0. The molecule has 1 heterocycles. The number of fused-ring (bicyclic) bond motifs is 1. The Hall–Kier alpha value is -1.68. The predicted octanol–water partition coefficient (Wildman–Crippen LogP) is 0.655. The third-order valence-electron chi connectivity index (χ3n) is 2.21. The minimum atomic E-state index is -0.337. The lowest BCUT2D eigenvalue weighted by molar-refractivity contribution is 0.205. The van der Waals surface area contributed by atoms with Gasteiger partial charge in [0.05, 0.1) is 10.9 Å². The van der Waals surface area contributed by atoms with Crippen LogP contribution in [-0.4, -0.2) is 14.7 Å². The molecule has 0 aliphatic carbocycles. The molecule has 4 nitrogen and oxygen atoms in total. The summed E-state index contributed by atoms with van der Waals surface area (Å²) in [6, 6.07) is 5.49. The highest BCUT2D eigenvalue weighted by Crippen LogP contribution is 2.10. The van der Waals surface area contributed by atoms with Crippen LogP contribution in [0.15, 0.2) is 29.3 Å². The molecule has 0 amide bonds. The summed E-state index contributed by atoms with van der Waals surface area (Å²) in [6.07, 6.45) is 1.35. The van der Waals surface area contributed by atoms with Crippen LogP contribution in [0.3, 0.4) is 0 Å². The summed E-state index contributed by atoms with van der Waals surface area (Å²) >= 11 is 0. The van der Waals surface area contributed by atoms with Crippen molar-refractivity contribution in [2.45, 2.75) is 13.7 Å². The average Bonchev–Trinajstić information content (AvgIpc) is 2.18. The van der Waals surface area contributed by atoms with Crippen molar-refractivity contribution in [1.29, 1.82) is 0 Å². The van der Waals surface area contributed by atoms with Crippen LogP contribution in [0.5, 0.6) is 0 Å². The van der Waals surface area contributed by atoms with Crippen LogP contribution in [0.4, 0.5) is 0 Å². The summed E-state index contributed by atoms with van der Waals surface area (Å²) in [5.41, 5.74) is 1.35. The van der Waals surface area contributed by atoms with Gasteiger partial charge in [-0.3, -0.25) is 9.36 Å². The summed E-state index contributed by atoms with van der Waals surface area (Å²) in [6.45, 7) is 1.52.